The number of benzene rings is 2. The second-order valence-electron chi connectivity index (χ2n) is 7.53. The van der Waals surface area contributed by atoms with E-state index in [4.69, 9.17) is 4.74 Å². The number of amides is 1. The van der Waals surface area contributed by atoms with Crippen molar-refractivity contribution >= 4 is 23.5 Å². The van der Waals surface area contributed by atoms with E-state index in [2.05, 4.69) is 22.5 Å². The number of ether oxygens (including phenoxy) is 1. The summed E-state index contributed by atoms with van der Waals surface area (Å²) in [6.07, 6.45) is 0.794. The number of thioether (sulfide) groups is 1. The molecule has 4 rings (SSSR count). The molecular weight excluding hydrogens is 398 g/mol. The molecule has 3 aromatic rings. The largest absolute Gasteiger partial charge is 0.493 e. The number of nitrogens with zero attached hydrogens (tertiary/aromatic N) is 1. The Kier molecular flexibility index (Phi) is 5.99. The van der Waals surface area contributed by atoms with Crippen LogP contribution in [0, 0.1) is 0 Å². The predicted molar refractivity (Wildman–Crippen MR) is 120 cm³/mol. The van der Waals surface area contributed by atoms with E-state index in [1.807, 2.05) is 56.3 Å². The predicted octanol–water partition coefficient (Wildman–Crippen LogP) is 4.15. The van der Waals surface area contributed by atoms with Gasteiger partial charge in [0.05, 0.1) is 23.2 Å². The molecule has 0 saturated carbocycles. The molecule has 1 atom stereocenters. The highest BCUT2D eigenvalue weighted by atomic mass is 32.2. The molecule has 0 spiro atoms. The van der Waals surface area contributed by atoms with Crippen LogP contribution in [0.15, 0.2) is 59.4 Å². The first-order valence-electron chi connectivity index (χ1n) is 10.1. The van der Waals surface area contributed by atoms with Gasteiger partial charge >= 0.3 is 0 Å². The fourth-order valence-electron chi connectivity index (χ4n) is 3.63. The molecule has 1 aliphatic rings. The van der Waals surface area contributed by atoms with Crippen LogP contribution in [-0.4, -0.2) is 28.0 Å². The van der Waals surface area contributed by atoms with E-state index in [1.54, 1.807) is 4.68 Å². The van der Waals surface area contributed by atoms with Crippen LogP contribution >= 0.6 is 11.8 Å². The number of nitrogens with one attached hydrogen (secondary N) is 2. The smallest absolute Gasteiger partial charge is 0.270 e. The van der Waals surface area contributed by atoms with Gasteiger partial charge in [-0.15, -0.1) is 11.8 Å². The van der Waals surface area contributed by atoms with Gasteiger partial charge in [-0.25, -0.2) is 0 Å². The van der Waals surface area contributed by atoms with Crippen LogP contribution < -0.4 is 15.6 Å². The first-order valence-corrected chi connectivity index (χ1v) is 11.1. The molecule has 1 amide bonds. The van der Waals surface area contributed by atoms with Crippen molar-refractivity contribution in [2.75, 3.05) is 17.7 Å². The standard InChI is InChI=1S/C23H25N3O3S/c1-15(2)26-22-20(23(28)25-26)21(30-14-19(27)24-22)17-10-6-7-11-18(17)29-13-12-16-8-4-3-5-9-16/h3-11,15,21H,12-14H2,1-2H3,(H,24,27)(H,25,28). The van der Waals surface area contributed by atoms with Gasteiger partial charge in [-0.05, 0) is 25.5 Å². The Balaban J connectivity index is 1.66. The van der Waals surface area contributed by atoms with Crippen molar-refractivity contribution in [3.8, 4) is 5.75 Å². The van der Waals surface area contributed by atoms with Crippen molar-refractivity contribution in [1.29, 1.82) is 0 Å². The Morgan fingerprint density at radius 2 is 1.83 bits per heavy atom. The first kappa shape index (κ1) is 20.3. The van der Waals surface area contributed by atoms with E-state index < -0.39 is 0 Å². The number of aromatic nitrogens is 2. The lowest BCUT2D eigenvalue weighted by molar-refractivity contribution is -0.113. The van der Waals surface area contributed by atoms with Crippen LogP contribution in [0.2, 0.25) is 0 Å². The molecule has 156 valence electrons. The van der Waals surface area contributed by atoms with Crippen LogP contribution in [0.5, 0.6) is 5.75 Å². The molecule has 0 saturated heterocycles. The third-order valence-electron chi connectivity index (χ3n) is 5.07. The second-order valence-corrected chi connectivity index (χ2v) is 8.62. The molecule has 0 bridgehead atoms. The summed E-state index contributed by atoms with van der Waals surface area (Å²) in [4.78, 5) is 25.2. The van der Waals surface area contributed by atoms with E-state index in [0.717, 1.165) is 17.7 Å². The van der Waals surface area contributed by atoms with Crippen LogP contribution in [-0.2, 0) is 11.2 Å². The second kappa shape index (κ2) is 8.83. The molecular formula is C23H25N3O3S. The van der Waals surface area contributed by atoms with Gasteiger partial charge in [0.25, 0.3) is 5.56 Å². The van der Waals surface area contributed by atoms with Crippen LogP contribution in [0.3, 0.4) is 0 Å². The summed E-state index contributed by atoms with van der Waals surface area (Å²) in [6.45, 7) is 4.47. The third-order valence-corrected chi connectivity index (χ3v) is 6.32. The molecule has 0 aliphatic carbocycles. The molecule has 1 unspecified atom stereocenters. The van der Waals surface area contributed by atoms with Gasteiger partial charge in [-0.1, -0.05) is 48.5 Å². The number of rotatable bonds is 6. The van der Waals surface area contributed by atoms with Crippen molar-refractivity contribution in [3.05, 3.63) is 81.6 Å². The number of fused-ring (bicyclic) bond motifs is 1. The normalized spacial score (nSPS) is 16.1. The Hall–Kier alpha value is -2.93. The Bertz CT molecular complexity index is 1090. The van der Waals surface area contributed by atoms with Gasteiger partial charge in [-0.3, -0.25) is 19.4 Å². The monoisotopic (exact) mass is 423 g/mol. The third kappa shape index (κ3) is 4.16. The van der Waals surface area contributed by atoms with E-state index in [0.29, 0.717) is 18.0 Å². The summed E-state index contributed by atoms with van der Waals surface area (Å²) in [5, 5.41) is 5.49. The lowest BCUT2D eigenvalue weighted by atomic mass is 10.0. The van der Waals surface area contributed by atoms with E-state index in [9.17, 15) is 9.59 Å². The summed E-state index contributed by atoms with van der Waals surface area (Å²) < 4.78 is 7.86. The molecule has 1 aromatic heterocycles. The van der Waals surface area contributed by atoms with Gasteiger partial charge in [-0.2, -0.15) is 0 Å². The maximum absolute atomic E-state index is 12.9. The van der Waals surface area contributed by atoms with Gasteiger partial charge in [0.1, 0.15) is 11.6 Å². The number of aromatic amines is 1. The van der Waals surface area contributed by atoms with Crippen molar-refractivity contribution in [1.82, 2.24) is 9.78 Å². The summed E-state index contributed by atoms with van der Waals surface area (Å²) in [7, 11) is 0. The molecule has 6 nitrogen and oxygen atoms in total. The molecule has 2 aromatic carbocycles. The fraction of sp³-hybridized carbons (Fsp3) is 0.304. The zero-order chi connectivity index (χ0) is 21.1. The van der Waals surface area contributed by atoms with Gasteiger partial charge in [0.15, 0.2) is 0 Å². The quantitative estimate of drug-likeness (QED) is 0.624. The number of carbonyl (C=O) groups excluding carboxylic acids is 1. The number of hydrogen-bond donors (Lipinski definition) is 2. The van der Waals surface area contributed by atoms with Crippen LogP contribution in [0.1, 0.15) is 41.8 Å². The number of anilines is 1. The number of carbonyl (C=O) groups is 1. The number of H-pyrrole nitrogens is 1. The highest BCUT2D eigenvalue weighted by Gasteiger charge is 2.32. The molecule has 0 fully saturated rings. The maximum atomic E-state index is 12.9. The fourth-order valence-corrected chi connectivity index (χ4v) is 4.78. The zero-order valence-electron chi connectivity index (χ0n) is 17.1. The Labute approximate surface area is 179 Å². The lowest BCUT2D eigenvalue weighted by Gasteiger charge is -2.18. The van der Waals surface area contributed by atoms with E-state index in [1.165, 1.54) is 17.3 Å². The zero-order valence-corrected chi connectivity index (χ0v) is 17.9. The minimum absolute atomic E-state index is 0.0165. The molecule has 7 heteroatoms. The number of hydrogen-bond acceptors (Lipinski definition) is 4. The van der Waals surface area contributed by atoms with Gasteiger partial charge < -0.3 is 10.1 Å². The molecule has 0 radical (unpaired) electrons. The highest BCUT2D eigenvalue weighted by Crippen LogP contribution is 2.43. The highest BCUT2D eigenvalue weighted by molar-refractivity contribution is 8.00. The summed E-state index contributed by atoms with van der Waals surface area (Å²) in [5.74, 6) is 1.45. The average Bonchev–Trinajstić information content (AvgIpc) is 2.95. The molecule has 30 heavy (non-hydrogen) atoms. The molecule has 2 N–H and O–H groups in total. The summed E-state index contributed by atoms with van der Waals surface area (Å²) in [5.41, 5.74) is 2.50. The van der Waals surface area contributed by atoms with Gasteiger partial charge in [0, 0.05) is 18.0 Å². The minimum Gasteiger partial charge on any atom is -0.493 e. The van der Waals surface area contributed by atoms with Crippen molar-refractivity contribution < 1.29 is 9.53 Å². The minimum atomic E-state index is -0.296. The number of para-hydroxylation sites is 1. The van der Waals surface area contributed by atoms with Crippen molar-refractivity contribution in [2.24, 2.45) is 0 Å². The summed E-state index contributed by atoms with van der Waals surface area (Å²) >= 11 is 1.45. The lowest BCUT2D eigenvalue weighted by Crippen LogP contribution is -2.17. The van der Waals surface area contributed by atoms with Crippen molar-refractivity contribution in [2.45, 2.75) is 31.6 Å². The SMILES string of the molecule is CC(C)n1[nH]c(=O)c2c1NC(=O)CSC2c1ccccc1OCCc1ccccc1. The van der Waals surface area contributed by atoms with Gasteiger partial charge in [0.2, 0.25) is 5.91 Å². The van der Waals surface area contributed by atoms with E-state index >= 15 is 0 Å². The topological polar surface area (TPSA) is 76.1 Å². The Morgan fingerprint density at radius 3 is 2.60 bits per heavy atom. The van der Waals surface area contributed by atoms with Crippen LogP contribution in [0.25, 0.3) is 0 Å². The van der Waals surface area contributed by atoms with E-state index in [-0.39, 0.29) is 28.5 Å². The van der Waals surface area contributed by atoms with Crippen LogP contribution in [0.4, 0.5) is 5.82 Å². The first-order chi connectivity index (χ1) is 14.5. The maximum Gasteiger partial charge on any atom is 0.270 e. The van der Waals surface area contributed by atoms with Crippen molar-refractivity contribution in [3.63, 3.8) is 0 Å². The molecule has 1 aliphatic heterocycles. The summed E-state index contributed by atoms with van der Waals surface area (Å²) in [6, 6.07) is 18.0. The molecule has 2 heterocycles. The Morgan fingerprint density at radius 1 is 1.10 bits per heavy atom. The average molecular weight is 424 g/mol.